The van der Waals surface area contributed by atoms with Crippen LogP contribution in [0.1, 0.15) is 146 Å². The quantitative estimate of drug-likeness (QED) is 0.0601. The lowest BCUT2D eigenvalue weighted by Crippen LogP contribution is -2.36. The van der Waals surface area contributed by atoms with Crippen molar-refractivity contribution in [2.45, 2.75) is 138 Å². The predicted molar refractivity (Wildman–Crippen MR) is 260 cm³/mol. The lowest BCUT2D eigenvalue weighted by Gasteiger charge is -2.37. The minimum Gasteiger partial charge on any atom is -0.492 e. The van der Waals surface area contributed by atoms with Crippen molar-refractivity contribution in [3.8, 4) is 17.2 Å². The number of allylic oxidation sites excluding steroid dienone is 1. The van der Waals surface area contributed by atoms with Crippen LogP contribution < -0.4 is 14.0 Å². The van der Waals surface area contributed by atoms with E-state index in [1.54, 1.807) is 6.07 Å². The minimum absolute atomic E-state index is 0.194. The molecule has 1 aliphatic heterocycles. The summed E-state index contributed by atoms with van der Waals surface area (Å²) in [5.74, 6) is 4.45. The van der Waals surface area contributed by atoms with Crippen molar-refractivity contribution in [2.24, 2.45) is 17.8 Å². The van der Waals surface area contributed by atoms with Crippen molar-refractivity contribution in [2.75, 3.05) is 27.2 Å². The van der Waals surface area contributed by atoms with Crippen LogP contribution in [0.5, 0.6) is 17.2 Å². The van der Waals surface area contributed by atoms with Gasteiger partial charge in [-0.2, -0.15) is 0 Å². The standard InChI is InChI=1S/C28H49O5P.C26H29NO/c1-20(2)11-8-12-21(3)13-9-14-22(4)15-10-17-28(7)18-16-25-19-26(33-34(29,30)31)23(5)24(6)27(25)32-28;1-4-25(21-11-7-5-8-12-21)26(22-13-9-6-10-14-22)23-15-17-24(18-16-23)28-20-19-27(2)3/h19-22H,8-18H2,1-7H3,(H2,29,30,31);5-18H,4,19-20H2,1-3H3/b;26-25-. The summed E-state index contributed by atoms with van der Waals surface area (Å²) in [6, 6.07) is 31.6. The third-order valence-corrected chi connectivity index (χ3v) is 12.9. The van der Waals surface area contributed by atoms with Crippen LogP contribution in [-0.4, -0.2) is 47.5 Å². The van der Waals surface area contributed by atoms with Crippen LogP contribution in [0.4, 0.5) is 0 Å². The number of likely N-dealkylation sites (N-methyl/N-ethyl adjacent to an activating group) is 1. The Kier molecular flexibility index (Phi) is 20.3. The van der Waals surface area contributed by atoms with Gasteiger partial charge in [0.25, 0.3) is 0 Å². The Morgan fingerprint density at radius 3 is 1.87 bits per heavy atom. The first-order valence-electron chi connectivity index (χ1n) is 23.3. The van der Waals surface area contributed by atoms with Crippen LogP contribution in [0.15, 0.2) is 91.0 Å². The second kappa shape index (κ2) is 24.8. The highest BCUT2D eigenvalue weighted by atomic mass is 31.2. The number of ether oxygens (including phenoxy) is 2. The smallest absolute Gasteiger partial charge is 0.492 e. The van der Waals surface area contributed by atoms with Gasteiger partial charge < -0.3 is 18.9 Å². The van der Waals surface area contributed by atoms with Crippen LogP contribution >= 0.6 is 7.82 Å². The number of hydrogen-bond donors (Lipinski definition) is 2. The number of rotatable bonds is 22. The SMILES string of the molecule is CC/C(=C(\c1ccccc1)c1ccc(OCCN(C)C)cc1)c1ccccc1.Cc1c(OP(=O)(O)O)cc2c(c1C)OC(C)(CCCC(C)CCCC(C)CCCC(C)C)CC2. The zero-order valence-electron chi connectivity index (χ0n) is 39.7. The molecule has 62 heavy (non-hydrogen) atoms. The summed E-state index contributed by atoms with van der Waals surface area (Å²) in [6.45, 7) is 19.2. The molecule has 1 heterocycles. The molecule has 0 spiro atoms. The second-order valence-electron chi connectivity index (χ2n) is 18.7. The molecule has 0 amide bonds. The minimum atomic E-state index is -4.58. The fourth-order valence-corrected chi connectivity index (χ4v) is 8.95. The van der Waals surface area contributed by atoms with E-state index in [-0.39, 0.29) is 11.4 Å². The number of fused-ring (bicyclic) bond motifs is 1. The van der Waals surface area contributed by atoms with Crippen molar-refractivity contribution in [1.82, 2.24) is 4.90 Å². The first-order valence-corrected chi connectivity index (χ1v) is 24.8. The van der Waals surface area contributed by atoms with Crippen LogP contribution in [0, 0.1) is 31.6 Å². The molecule has 0 aliphatic carbocycles. The molecule has 0 aromatic heterocycles. The molecule has 8 heteroatoms. The summed E-state index contributed by atoms with van der Waals surface area (Å²) in [7, 11) is -0.474. The number of phosphoric acid groups is 1. The van der Waals surface area contributed by atoms with Gasteiger partial charge in [0.05, 0.1) is 0 Å². The lowest BCUT2D eigenvalue weighted by atomic mass is 9.85. The van der Waals surface area contributed by atoms with Gasteiger partial charge in [0.1, 0.15) is 29.5 Å². The topological polar surface area (TPSA) is 88.5 Å². The molecular formula is C54H78NO6P. The first kappa shape index (κ1) is 50.8. The Labute approximate surface area is 375 Å². The average Bonchev–Trinajstić information content (AvgIpc) is 3.22. The first-order chi connectivity index (χ1) is 29.5. The van der Waals surface area contributed by atoms with Gasteiger partial charge >= 0.3 is 7.82 Å². The predicted octanol–water partition coefficient (Wildman–Crippen LogP) is 14.3. The van der Waals surface area contributed by atoms with E-state index in [1.807, 2.05) is 13.8 Å². The van der Waals surface area contributed by atoms with E-state index in [1.165, 1.54) is 72.8 Å². The second-order valence-corrected chi connectivity index (χ2v) is 19.9. The third-order valence-electron chi connectivity index (χ3n) is 12.4. The van der Waals surface area contributed by atoms with Gasteiger partial charge in [-0.25, -0.2) is 4.57 Å². The van der Waals surface area contributed by atoms with E-state index in [2.05, 4.69) is 145 Å². The van der Waals surface area contributed by atoms with E-state index in [9.17, 15) is 14.4 Å². The van der Waals surface area contributed by atoms with E-state index in [4.69, 9.17) is 14.0 Å². The van der Waals surface area contributed by atoms with Crippen molar-refractivity contribution >= 4 is 19.0 Å². The number of aryl methyl sites for hydroxylation is 1. The Morgan fingerprint density at radius 1 is 0.774 bits per heavy atom. The molecule has 7 nitrogen and oxygen atoms in total. The van der Waals surface area contributed by atoms with Crippen molar-refractivity contribution in [3.63, 3.8) is 0 Å². The molecule has 0 fully saturated rings. The van der Waals surface area contributed by atoms with E-state index >= 15 is 0 Å². The maximum atomic E-state index is 11.3. The van der Waals surface area contributed by atoms with Crippen molar-refractivity contribution in [1.29, 1.82) is 0 Å². The van der Waals surface area contributed by atoms with Crippen molar-refractivity contribution < 1.29 is 28.3 Å². The highest BCUT2D eigenvalue weighted by Gasteiger charge is 2.34. The summed E-state index contributed by atoms with van der Waals surface area (Å²) in [6.07, 6.45) is 14.2. The summed E-state index contributed by atoms with van der Waals surface area (Å²) in [4.78, 5) is 20.5. The van der Waals surface area contributed by atoms with Gasteiger partial charge in [0.15, 0.2) is 0 Å². The molecule has 0 saturated heterocycles. The molecule has 0 saturated carbocycles. The van der Waals surface area contributed by atoms with Crippen LogP contribution in [0.3, 0.4) is 0 Å². The molecule has 340 valence electrons. The maximum Gasteiger partial charge on any atom is 0.524 e. The fourth-order valence-electron chi connectivity index (χ4n) is 8.50. The zero-order chi connectivity index (χ0) is 45.3. The van der Waals surface area contributed by atoms with E-state index < -0.39 is 7.82 Å². The third kappa shape index (κ3) is 16.7. The number of hydrogen-bond acceptors (Lipinski definition) is 5. The van der Waals surface area contributed by atoms with Crippen LogP contribution in [0.25, 0.3) is 11.1 Å². The van der Waals surface area contributed by atoms with E-state index in [0.29, 0.717) is 6.61 Å². The largest absolute Gasteiger partial charge is 0.524 e. The normalized spacial score (nSPS) is 16.4. The number of nitrogens with zero attached hydrogens (tertiary/aromatic N) is 1. The number of benzene rings is 4. The van der Waals surface area contributed by atoms with Crippen LogP contribution in [-0.2, 0) is 11.0 Å². The lowest BCUT2D eigenvalue weighted by molar-refractivity contribution is 0.0514. The molecule has 1 aliphatic rings. The van der Waals surface area contributed by atoms with Crippen LogP contribution in [0.2, 0.25) is 0 Å². The molecule has 0 radical (unpaired) electrons. The zero-order valence-corrected chi connectivity index (χ0v) is 40.6. The molecule has 3 unspecified atom stereocenters. The van der Waals surface area contributed by atoms with Crippen molar-refractivity contribution in [3.05, 3.63) is 124 Å². The fraction of sp³-hybridized carbons (Fsp3) is 0.519. The maximum absolute atomic E-state index is 11.3. The summed E-state index contributed by atoms with van der Waals surface area (Å²) < 4.78 is 28.6. The average molecular weight is 868 g/mol. The molecule has 3 atom stereocenters. The molecular weight excluding hydrogens is 790 g/mol. The molecule has 4 aromatic carbocycles. The Morgan fingerprint density at radius 2 is 1.32 bits per heavy atom. The van der Waals surface area contributed by atoms with Gasteiger partial charge in [-0.05, 0) is 147 Å². The summed E-state index contributed by atoms with van der Waals surface area (Å²) >= 11 is 0. The van der Waals surface area contributed by atoms with Gasteiger partial charge in [0, 0.05) is 6.54 Å². The highest BCUT2D eigenvalue weighted by molar-refractivity contribution is 7.46. The van der Waals surface area contributed by atoms with E-state index in [0.717, 1.165) is 84.6 Å². The molecule has 5 rings (SSSR count). The van der Waals surface area contributed by atoms with Gasteiger partial charge in [-0.15, -0.1) is 0 Å². The monoisotopic (exact) mass is 868 g/mol. The molecule has 0 bridgehead atoms. The molecule has 2 N–H and O–H groups in total. The number of phosphoric ester groups is 1. The Hall–Kier alpha value is -3.87. The Bertz CT molecular complexity index is 2010. The Balaban J connectivity index is 0.000000277. The highest BCUT2D eigenvalue weighted by Crippen LogP contribution is 2.46. The van der Waals surface area contributed by atoms with Gasteiger partial charge in [0.2, 0.25) is 0 Å². The molecule has 4 aromatic rings. The summed E-state index contributed by atoms with van der Waals surface area (Å²) in [5.41, 5.74) is 8.77. The van der Waals surface area contributed by atoms with Gasteiger partial charge in [-0.1, -0.05) is 152 Å². The summed E-state index contributed by atoms with van der Waals surface area (Å²) in [5, 5.41) is 0. The van der Waals surface area contributed by atoms with Gasteiger partial charge in [-0.3, -0.25) is 9.79 Å².